The average Bonchev–Trinajstić information content (AvgIpc) is 2.75. The Morgan fingerprint density at radius 1 is 1.10 bits per heavy atom. The van der Waals surface area contributed by atoms with Crippen molar-refractivity contribution in [2.75, 3.05) is 39.2 Å². The van der Waals surface area contributed by atoms with Gasteiger partial charge in [0.2, 0.25) is 0 Å². The molecule has 0 aliphatic rings. The molecule has 0 spiro atoms. The predicted molar refractivity (Wildman–Crippen MR) is 119 cm³/mol. The van der Waals surface area contributed by atoms with Gasteiger partial charge >= 0.3 is 0 Å². The van der Waals surface area contributed by atoms with Crippen molar-refractivity contribution in [2.24, 2.45) is 4.99 Å². The number of nitrogens with zero attached hydrogens (tertiary/aromatic N) is 1. The van der Waals surface area contributed by atoms with E-state index in [0.717, 1.165) is 21.8 Å². The van der Waals surface area contributed by atoms with E-state index in [1.807, 2.05) is 50.2 Å². The third kappa shape index (κ3) is 8.25. The van der Waals surface area contributed by atoms with Gasteiger partial charge in [-0.15, -0.1) is 0 Å². The molecule has 0 bridgehead atoms. The number of aliphatic imine (C=N–C) groups is 1. The number of hydrogen-bond acceptors (Lipinski definition) is 4. The van der Waals surface area contributed by atoms with Crippen LogP contribution in [0.1, 0.15) is 18.1 Å². The highest BCUT2D eigenvalue weighted by molar-refractivity contribution is 7.85. The van der Waals surface area contributed by atoms with Crippen molar-refractivity contribution in [1.82, 2.24) is 10.6 Å². The van der Waals surface area contributed by atoms with Gasteiger partial charge in [-0.05, 0) is 37.6 Å². The van der Waals surface area contributed by atoms with Crippen molar-refractivity contribution < 1.29 is 13.7 Å². The number of rotatable bonds is 11. The van der Waals surface area contributed by atoms with Gasteiger partial charge in [-0.1, -0.05) is 30.3 Å². The number of hydrogen-bond donors (Lipinski definition) is 2. The van der Waals surface area contributed by atoms with Crippen LogP contribution in [0.25, 0.3) is 0 Å². The molecule has 1 atom stereocenters. The molecule has 0 aliphatic carbocycles. The molecule has 1 unspecified atom stereocenters. The Labute approximate surface area is 176 Å². The summed E-state index contributed by atoms with van der Waals surface area (Å²) in [5.74, 6) is 2.02. The predicted octanol–water partition coefficient (Wildman–Crippen LogP) is 2.88. The molecule has 2 rings (SSSR count). The van der Waals surface area contributed by atoms with Crippen LogP contribution in [0.5, 0.6) is 5.75 Å². The van der Waals surface area contributed by atoms with Crippen LogP contribution in [-0.4, -0.2) is 49.3 Å². The van der Waals surface area contributed by atoms with Gasteiger partial charge in [0.1, 0.15) is 12.4 Å². The highest BCUT2D eigenvalue weighted by Gasteiger charge is 2.07. The number of guanidine groups is 1. The molecule has 29 heavy (non-hydrogen) atoms. The van der Waals surface area contributed by atoms with Gasteiger partial charge in [0.05, 0.1) is 17.4 Å². The van der Waals surface area contributed by atoms with Gasteiger partial charge in [-0.3, -0.25) is 9.20 Å². The van der Waals surface area contributed by atoms with Crippen LogP contribution in [0.4, 0.5) is 0 Å². The van der Waals surface area contributed by atoms with Crippen molar-refractivity contribution in [3.8, 4) is 5.75 Å². The van der Waals surface area contributed by atoms with E-state index >= 15 is 0 Å². The first-order valence-electron chi connectivity index (χ1n) is 9.82. The van der Waals surface area contributed by atoms with Crippen LogP contribution in [0, 0.1) is 6.92 Å². The summed E-state index contributed by atoms with van der Waals surface area (Å²) in [5, 5.41) is 6.51. The molecule has 6 nitrogen and oxygen atoms in total. The number of nitrogens with one attached hydrogen (secondary N) is 2. The fraction of sp³-hybridized carbons (Fsp3) is 0.409. The number of benzene rings is 2. The van der Waals surface area contributed by atoms with Crippen LogP contribution in [0.2, 0.25) is 0 Å². The molecule has 2 N–H and O–H groups in total. The molecule has 0 heterocycles. The zero-order valence-electron chi connectivity index (χ0n) is 17.4. The van der Waals surface area contributed by atoms with E-state index in [1.54, 1.807) is 7.05 Å². The Balaban J connectivity index is 1.83. The van der Waals surface area contributed by atoms with E-state index in [0.29, 0.717) is 44.6 Å². The Kier molecular flexibility index (Phi) is 10.2. The van der Waals surface area contributed by atoms with E-state index in [2.05, 4.69) is 27.8 Å². The molecule has 0 amide bonds. The van der Waals surface area contributed by atoms with Crippen molar-refractivity contribution in [3.63, 3.8) is 0 Å². The first-order valence-corrected chi connectivity index (χ1v) is 11.1. The average molecular weight is 418 g/mol. The minimum atomic E-state index is -1.03. The summed E-state index contributed by atoms with van der Waals surface area (Å²) >= 11 is 0. The second-order valence-corrected chi connectivity index (χ2v) is 7.94. The van der Waals surface area contributed by atoms with Gasteiger partial charge in [-0.2, -0.15) is 0 Å². The fourth-order valence-electron chi connectivity index (χ4n) is 2.65. The Bertz CT molecular complexity index is 797. The van der Waals surface area contributed by atoms with Gasteiger partial charge < -0.3 is 20.1 Å². The highest BCUT2D eigenvalue weighted by atomic mass is 32.2. The van der Waals surface area contributed by atoms with Crippen LogP contribution in [-0.2, 0) is 22.1 Å². The zero-order chi connectivity index (χ0) is 20.9. The first-order chi connectivity index (χ1) is 14.1. The lowest BCUT2D eigenvalue weighted by atomic mass is 10.1. The molecule has 0 aliphatic heterocycles. The van der Waals surface area contributed by atoms with Crippen LogP contribution in [0.15, 0.2) is 58.4 Å². The standard InChI is InChI=1S/C22H31N3O3S/c1-4-27-13-14-28-21-16-18(2)10-11-19(21)17-25-22(23-3)24-12-15-29(26)20-8-6-5-7-9-20/h5-11,16H,4,12-15,17H2,1-3H3,(H2,23,24,25). The molecule has 7 heteroatoms. The maximum atomic E-state index is 12.3. The second-order valence-electron chi connectivity index (χ2n) is 6.37. The Hall–Kier alpha value is -2.38. The monoisotopic (exact) mass is 417 g/mol. The van der Waals surface area contributed by atoms with Gasteiger partial charge in [0.25, 0.3) is 0 Å². The van der Waals surface area contributed by atoms with Crippen molar-refractivity contribution in [3.05, 3.63) is 59.7 Å². The summed E-state index contributed by atoms with van der Waals surface area (Å²) in [5.41, 5.74) is 2.19. The minimum absolute atomic E-state index is 0.515. The van der Waals surface area contributed by atoms with Crippen LogP contribution in [0.3, 0.4) is 0 Å². The molecule has 0 fully saturated rings. The maximum absolute atomic E-state index is 12.3. The van der Waals surface area contributed by atoms with E-state index in [1.165, 1.54) is 0 Å². The maximum Gasteiger partial charge on any atom is 0.191 e. The van der Waals surface area contributed by atoms with Crippen LogP contribution >= 0.6 is 0 Å². The smallest absolute Gasteiger partial charge is 0.191 e. The summed E-state index contributed by atoms with van der Waals surface area (Å²) in [6, 6.07) is 15.6. The summed E-state index contributed by atoms with van der Waals surface area (Å²) in [6.45, 7) is 6.92. The summed E-state index contributed by atoms with van der Waals surface area (Å²) < 4.78 is 23.5. The largest absolute Gasteiger partial charge is 0.491 e. The quantitative estimate of drug-likeness (QED) is 0.334. The second kappa shape index (κ2) is 13.0. The van der Waals surface area contributed by atoms with E-state index in [4.69, 9.17) is 9.47 Å². The van der Waals surface area contributed by atoms with Gasteiger partial charge in [0.15, 0.2) is 5.96 Å². The summed E-state index contributed by atoms with van der Waals surface area (Å²) in [7, 11) is 0.689. The van der Waals surface area contributed by atoms with Crippen molar-refractivity contribution in [2.45, 2.75) is 25.3 Å². The number of ether oxygens (including phenoxy) is 2. The van der Waals surface area contributed by atoms with Crippen molar-refractivity contribution >= 4 is 16.8 Å². The molecule has 0 radical (unpaired) electrons. The number of aryl methyl sites for hydroxylation is 1. The van der Waals surface area contributed by atoms with E-state index < -0.39 is 10.8 Å². The Morgan fingerprint density at radius 3 is 2.62 bits per heavy atom. The minimum Gasteiger partial charge on any atom is -0.491 e. The van der Waals surface area contributed by atoms with E-state index in [9.17, 15) is 4.21 Å². The summed E-state index contributed by atoms with van der Waals surface area (Å²) in [4.78, 5) is 5.08. The van der Waals surface area contributed by atoms with Crippen LogP contribution < -0.4 is 15.4 Å². The highest BCUT2D eigenvalue weighted by Crippen LogP contribution is 2.20. The lowest BCUT2D eigenvalue weighted by Gasteiger charge is -2.15. The molecular formula is C22H31N3O3S. The Morgan fingerprint density at radius 2 is 1.90 bits per heavy atom. The summed E-state index contributed by atoms with van der Waals surface area (Å²) in [6.07, 6.45) is 0. The van der Waals surface area contributed by atoms with Gasteiger partial charge in [-0.25, -0.2) is 0 Å². The molecular weight excluding hydrogens is 386 g/mol. The zero-order valence-corrected chi connectivity index (χ0v) is 18.3. The molecule has 158 valence electrons. The lowest BCUT2D eigenvalue weighted by molar-refractivity contribution is 0.110. The molecule has 0 saturated carbocycles. The molecule has 0 aromatic heterocycles. The lowest BCUT2D eigenvalue weighted by Crippen LogP contribution is -2.38. The van der Waals surface area contributed by atoms with Crippen molar-refractivity contribution in [1.29, 1.82) is 0 Å². The first kappa shape index (κ1) is 22.9. The van der Waals surface area contributed by atoms with Gasteiger partial charge in [0, 0.05) is 43.0 Å². The fourth-order valence-corrected chi connectivity index (χ4v) is 3.63. The topological polar surface area (TPSA) is 72.0 Å². The molecule has 2 aromatic rings. The third-order valence-corrected chi connectivity index (χ3v) is 5.54. The molecule has 0 saturated heterocycles. The molecule has 2 aromatic carbocycles. The normalized spacial score (nSPS) is 12.4. The SMILES string of the molecule is CCOCCOc1cc(C)ccc1CNC(=NC)NCCS(=O)c1ccccc1. The third-order valence-electron chi connectivity index (χ3n) is 4.17. The van der Waals surface area contributed by atoms with E-state index in [-0.39, 0.29) is 0 Å².